The van der Waals surface area contributed by atoms with Gasteiger partial charge >= 0.3 is 0 Å². The molecule has 114 valence electrons. The van der Waals surface area contributed by atoms with E-state index < -0.39 is 10.0 Å². The monoisotopic (exact) mass is 316 g/mol. The summed E-state index contributed by atoms with van der Waals surface area (Å²) in [4.78, 5) is 1.07. The molecule has 0 aliphatic heterocycles. The summed E-state index contributed by atoms with van der Waals surface area (Å²) in [5.41, 5.74) is 0. The Morgan fingerprint density at radius 1 is 1.45 bits per heavy atom. The molecule has 1 aliphatic rings. The number of sulfonamides is 1. The Labute approximate surface area is 126 Å². The van der Waals surface area contributed by atoms with E-state index in [-0.39, 0.29) is 6.04 Å². The molecular formula is C14H24N2O2S2. The summed E-state index contributed by atoms with van der Waals surface area (Å²) < 4.78 is 27.1. The second-order valence-electron chi connectivity index (χ2n) is 5.50. The SMILES string of the molecule is CCCNCc1ccc(S(=O)(=O)N(C)C(C)C2CC2)s1. The lowest BCUT2D eigenvalue weighted by Crippen LogP contribution is -2.36. The van der Waals surface area contributed by atoms with Gasteiger partial charge in [0.2, 0.25) is 0 Å². The molecule has 0 aromatic carbocycles. The Morgan fingerprint density at radius 2 is 2.15 bits per heavy atom. The molecule has 1 atom stereocenters. The first-order chi connectivity index (χ1) is 9.46. The van der Waals surface area contributed by atoms with Crippen molar-refractivity contribution in [2.24, 2.45) is 5.92 Å². The third kappa shape index (κ3) is 3.61. The summed E-state index contributed by atoms with van der Waals surface area (Å²) in [6.45, 7) is 5.83. The number of nitrogens with one attached hydrogen (secondary N) is 1. The smallest absolute Gasteiger partial charge is 0.252 e. The molecule has 2 rings (SSSR count). The van der Waals surface area contributed by atoms with E-state index in [0.717, 1.165) is 37.2 Å². The van der Waals surface area contributed by atoms with Crippen molar-refractivity contribution in [3.63, 3.8) is 0 Å². The quantitative estimate of drug-likeness (QED) is 0.750. The highest BCUT2D eigenvalue weighted by molar-refractivity contribution is 7.91. The first-order valence-corrected chi connectivity index (χ1v) is 9.50. The van der Waals surface area contributed by atoms with Gasteiger partial charge in [0, 0.05) is 24.5 Å². The van der Waals surface area contributed by atoms with E-state index in [2.05, 4.69) is 12.2 Å². The fraction of sp³-hybridized carbons (Fsp3) is 0.714. The maximum absolute atomic E-state index is 12.6. The van der Waals surface area contributed by atoms with Crippen LogP contribution in [0.4, 0.5) is 0 Å². The van der Waals surface area contributed by atoms with Gasteiger partial charge < -0.3 is 5.32 Å². The molecule has 1 aliphatic carbocycles. The van der Waals surface area contributed by atoms with Gasteiger partial charge in [0.25, 0.3) is 10.0 Å². The van der Waals surface area contributed by atoms with E-state index in [0.29, 0.717) is 10.1 Å². The lowest BCUT2D eigenvalue weighted by Gasteiger charge is -2.23. The van der Waals surface area contributed by atoms with Gasteiger partial charge in [-0.3, -0.25) is 0 Å². The molecule has 1 unspecified atom stereocenters. The second kappa shape index (κ2) is 6.56. The molecule has 0 radical (unpaired) electrons. The molecule has 0 amide bonds. The van der Waals surface area contributed by atoms with Crippen LogP contribution in [0, 0.1) is 5.92 Å². The van der Waals surface area contributed by atoms with Crippen LogP contribution in [0.1, 0.15) is 38.0 Å². The molecule has 1 aromatic heterocycles. The number of thiophene rings is 1. The van der Waals surface area contributed by atoms with Gasteiger partial charge in [0.15, 0.2) is 0 Å². The van der Waals surface area contributed by atoms with Gasteiger partial charge in [-0.25, -0.2) is 8.42 Å². The standard InChI is InChI=1S/C14H24N2O2S2/c1-4-9-15-10-13-7-8-14(19-13)20(17,18)16(3)11(2)12-5-6-12/h7-8,11-12,15H,4-6,9-10H2,1-3H3. The lowest BCUT2D eigenvalue weighted by molar-refractivity contribution is 0.358. The molecule has 1 aromatic rings. The average Bonchev–Trinajstić information content (AvgIpc) is 3.16. The summed E-state index contributed by atoms with van der Waals surface area (Å²) >= 11 is 1.38. The zero-order valence-electron chi connectivity index (χ0n) is 12.4. The fourth-order valence-corrected chi connectivity index (χ4v) is 5.15. The third-order valence-electron chi connectivity index (χ3n) is 3.87. The van der Waals surface area contributed by atoms with Crippen LogP contribution in [0.3, 0.4) is 0 Å². The van der Waals surface area contributed by atoms with Gasteiger partial charge in [-0.15, -0.1) is 11.3 Å². The van der Waals surface area contributed by atoms with Crippen LogP contribution in [-0.4, -0.2) is 32.4 Å². The van der Waals surface area contributed by atoms with Gasteiger partial charge in [-0.2, -0.15) is 4.31 Å². The number of nitrogens with zero attached hydrogens (tertiary/aromatic N) is 1. The van der Waals surface area contributed by atoms with Crippen LogP contribution in [-0.2, 0) is 16.6 Å². The highest BCUT2D eigenvalue weighted by Gasteiger charge is 2.36. The van der Waals surface area contributed by atoms with Crippen molar-refractivity contribution in [2.45, 2.75) is 49.9 Å². The molecule has 1 saturated carbocycles. The molecule has 6 heteroatoms. The predicted molar refractivity (Wildman–Crippen MR) is 83.5 cm³/mol. The van der Waals surface area contributed by atoms with E-state index in [9.17, 15) is 8.42 Å². The minimum atomic E-state index is -3.33. The molecule has 0 saturated heterocycles. The number of hydrogen-bond donors (Lipinski definition) is 1. The van der Waals surface area contributed by atoms with E-state index in [1.165, 1.54) is 11.3 Å². The van der Waals surface area contributed by atoms with Crippen molar-refractivity contribution >= 4 is 21.4 Å². The number of hydrogen-bond acceptors (Lipinski definition) is 4. The third-order valence-corrected chi connectivity index (χ3v) is 7.37. The van der Waals surface area contributed by atoms with Crippen molar-refractivity contribution < 1.29 is 8.42 Å². The Bertz CT molecular complexity index is 535. The number of rotatable bonds is 8. The highest BCUT2D eigenvalue weighted by atomic mass is 32.2. The van der Waals surface area contributed by atoms with Crippen LogP contribution < -0.4 is 5.32 Å². The maximum Gasteiger partial charge on any atom is 0.252 e. The van der Waals surface area contributed by atoms with Crippen molar-refractivity contribution in [3.8, 4) is 0 Å². The Kier molecular flexibility index (Phi) is 5.23. The van der Waals surface area contributed by atoms with E-state index >= 15 is 0 Å². The maximum atomic E-state index is 12.6. The summed E-state index contributed by atoms with van der Waals surface area (Å²) in [5, 5.41) is 3.30. The van der Waals surface area contributed by atoms with Gasteiger partial charge in [-0.05, 0) is 50.8 Å². The first kappa shape index (κ1) is 15.9. The minimum absolute atomic E-state index is 0.101. The highest BCUT2D eigenvalue weighted by Crippen LogP contribution is 2.37. The van der Waals surface area contributed by atoms with Gasteiger partial charge in [0.05, 0.1) is 0 Å². The van der Waals surface area contributed by atoms with Crippen molar-refractivity contribution in [1.82, 2.24) is 9.62 Å². The van der Waals surface area contributed by atoms with Crippen LogP contribution in [0.5, 0.6) is 0 Å². The van der Waals surface area contributed by atoms with E-state index in [1.807, 2.05) is 13.0 Å². The van der Waals surface area contributed by atoms with Gasteiger partial charge in [0.1, 0.15) is 4.21 Å². The molecule has 1 heterocycles. The predicted octanol–water partition coefficient (Wildman–Crippen LogP) is 2.67. The van der Waals surface area contributed by atoms with E-state index in [4.69, 9.17) is 0 Å². The average molecular weight is 316 g/mol. The van der Waals surface area contributed by atoms with Crippen molar-refractivity contribution in [3.05, 3.63) is 17.0 Å². The lowest BCUT2D eigenvalue weighted by atomic mass is 10.2. The Balaban J connectivity index is 2.05. The fourth-order valence-electron chi connectivity index (χ4n) is 2.22. The zero-order valence-corrected chi connectivity index (χ0v) is 14.1. The van der Waals surface area contributed by atoms with Crippen molar-refractivity contribution in [2.75, 3.05) is 13.6 Å². The summed E-state index contributed by atoms with van der Waals surface area (Å²) in [6, 6.07) is 3.75. The van der Waals surface area contributed by atoms with Crippen molar-refractivity contribution in [1.29, 1.82) is 0 Å². The summed E-state index contributed by atoms with van der Waals surface area (Å²) in [6.07, 6.45) is 3.38. The Hall–Kier alpha value is -0.430. The molecular weight excluding hydrogens is 292 g/mol. The minimum Gasteiger partial charge on any atom is -0.312 e. The summed E-state index contributed by atoms with van der Waals surface area (Å²) in [5.74, 6) is 0.542. The van der Waals surface area contributed by atoms with Gasteiger partial charge in [-0.1, -0.05) is 6.92 Å². The van der Waals surface area contributed by atoms with Crippen LogP contribution >= 0.6 is 11.3 Å². The van der Waals surface area contributed by atoms with Crippen LogP contribution in [0.25, 0.3) is 0 Å². The summed E-state index contributed by atoms with van der Waals surface area (Å²) in [7, 11) is -1.63. The van der Waals surface area contributed by atoms with E-state index in [1.54, 1.807) is 17.4 Å². The topological polar surface area (TPSA) is 49.4 Å². The normalized spacial score (nSPS) is 17.6. The van der Waals surface area contributed by atoms with Crippen LogP contribution in [0.15, 0.2) is 16.3 Å². The molecule has 1 fully saturated rings. The zero-order chi connectivity index (χ0) is 14.8. The molecule has 0 bridgehead atoms. The Morgan fingerprint density at radius 3 is 2.75 bits per heavy atom. The molecule has 1 N–H and O–H groups in total. The molecule has 0 spiro atoms. The first-order valence-electron chi connectivity index (χ1n) is 7.24. The second-order valence-corrected chi connectivity index (χ2v) is 8.89. The largest absolute Gasteiger partial charge is 0.312 e. The molecule has 4 nitrogen and oxygen atoms in total. The van der Waals surface area contributed by atoms with Crippen LogP contribution in [0.2, 0.25) is 0 Å². The molecule has 20 heavy (non-hydrogen) atoms.